The van der Waals surface area contributed by atoms with Crippen molar-refractivity contribution in [2.45, 2.75) is 24.7 Å². The van der Waals surface area contributed by atoms with Crippen molar-refractivity contribution in [2.24, 2.45) is 0 Å². The highest BCUT2D eigenvalue weighted by atomic mass is 15.1. The molecule has 0 unspecified atom stereocenters. The van der Waals surface area contributed by atoms with Gasteiger partial charge in [-0.05, 0) is 135 Å². The van der Waals surface area contributed by atoms with Crippen molar-refractivity contribution in [1.29, 1.82) is 0 Å². The molecule has 0 aliphatic heterocycles. The van der Waals surface area contributed by atoms with E-state index in [2.05, 4.69) is 255 Å². The first-order valence-electron chi connectivity index (χ1n) is 23.6. The van der Waals surface area contributed by atoms with E-state index in [0.717, 1.165) is 11.4 Å². The van der Waals surface area contributed by atoms with Crippen LogP contribution in [-0.4, -0.2) is 0 Å². The van der Waals surface area contributed by atoms with Gasteiger partial charge >= 0.3 is 0 Å². The predicted molar refractivity (Wildman–Crippen MR) is 281 cm³/mol. The van der Waals surface area contributed by atoms with Crippen LogP contribution >= 0.6 is 0 Å². The zero-order valence-corrected chi connectivity index (χ0v) is 37.5. The number of nitrogens with zero attached hydrogens (tertiary/aromatic N) is 1. The number of benzene rings is 11. The average Bonchev–Trinajstić information content (AvgIpc) is 3.95. The Morgan fingerprint density at radius 3 is 1.48 bits per heavy atom. The van der Waals surface area contributed by atoms with E-state index in [1.807, 2.05) is 0 Å². The average molecular weight is 852 g/mol. The van der Waals surface area contributed by atoms with E-state index >= 15 is 0 Å². The lowest BCUT2D eigenvalue weighted by Gasteiger charge is -2.32. The fourth-order valence-electron chi connectivity index (χ4n) is 12.6. The first-order chi connectivity index (χ1) is 33.0. The van der Waals surface area contributed by atoms with E-state index < -0.39 is 5.41 Å². The number of hydrogen-bond acceptors (Lipinski definition) is 1. The molecule has 11 aromatic carbocycles. The van der Waals surface area contributed by atoms with Crippen molar-refractivity contribution in [1.82, 2.24) is 0 Å². The zero-order chi connectivity index (χ0) is 44.4. The van der Waals surface area contributed by atoms with Crippen molar-refractivity contribution in [2.75, 3.05) is 4.90 Å². The van der Waals surface area contributed by atoms with Gasteiger partial charge in [0.2, 0.25) is 0 Å². The van der Waals surface area contributed by atoms with Crippen LogP contribution in [0.3, 0.4) is 0 Å². The molecule has 0 saturated heterocycles. The molecule has 1 heteroatoms. The molecule has 3 aliphatic rings. The van der Waals surface area contributed by atoms with Crippen LogP contribution in [0, 0.1) is 0 Å². The SMILES string of the molecule is CC1(C)c2cccc(N(c3ccc(-c4cccc5cccc(-c6ccccc6)c45)cc3)c3ccc4c(c3)-c3ccccc3C43c4ccccc4-c4ccccc43)c2-c2c1ccc1ccccc21. The molecular weight excluding hydrogens is 807 g/mol. The Hall–Kier alpha value is -8.26. The first kappa shape index (κ1) is 38.1. The summed E-state index contributed by atoms with van der Waals surface area (Å²) in [6.45, 7) is 4.79. The van der Waals surface area contributed by atoms with Crippen LogP contribution in [-0.2, 0) is 10.8 Å². The van der Waals surface area contributed by atoms with Crippen LogP contribution in [0.5, 0.6) is 0 Å². The van der Waals surface area contributed by atoms with E-state index in [9.17, 15) is 0 Å². The standard InChI is InChI=1S/C66H45N/c1-65(2)59-31-16-32-61(64(59)63-50-22-7-6-19-43(50)35-39-60(63)65)67(46-36-33-44(34-37-46)49-27-15-21-45-20-14-26-48(62(45)49)42-17-4-3-5-18-42)47-38-40-58-54(41-47)53-25-10-13-30-57(53)66(58)55-28-11-8-23-51(55)52-24-9-12-29-56(52)66/h3-41H,1-2H3. The summed E-state index contributed by atoms with van der Waals surface area (Å²) in [7, 11) is 0. The van der Waals surface area contributed by atoms with E-state index in [-0.39, 0.29) is 5.41 Å². The molecule has 314 valence electrons. The minimum Gasteiger partial charge on any atom is -0.310 e. The van der Waals surface area contributed by atoms with Gasteiger partial charge in [-0.3, -0.25) is 0 Å². The molecule has 0 amide bonds. The van der Waals surface area contributed by atoms with E-state index in [1.54, 1.807) is 0 Å². The quantitative estimate of drug-likeness (QED) is 0.167. The molecule has 11 aromatic rings. The third-order valence-electron chi connectivity index (χ3n) is 15.5. The summed E-state index contributed by atoms with van der Waals surface area (Å²) in [6.07, 6.45) is 0. The van der Waals surface area contributed by atoms with E-state index in [1.165, 1.54) is 116 Å². The van der Waals surface area contributed by atoms with Gasteiger partial charge in [-0.2, -0.15) is 0 Å². The van der Waals surface area contributed by atoms with Gasteiger partial charge in [0.1, 0.15) is 0 Å². The van der Waals surface area contributed by atoms with Crippen LogP contribution < -0.4 is 4.90 Å². The van der Waals surface area contributed by atoms with Crippen molar-refractivity contribution < 1.29 is 0 Å². The summed E-state index contributed by atoms with van der Waals surface area (Å²) in [5, 5.41) is 5.07. The number of anilines is 3. The van der Waals surface area contributed by atoms with Crippen LogP contribution in [0.1, 0.15) is 47.2 Å². The minimum absolute atomic E-state index is 0.183. The maximum Gasteiger partial charge on any atom is 0.0725 e. The molecular formula is C66H45N. The van der Waals surface area contributed by atoms with Crippen LogP contribution in [0.15, 0.2) is 237 Å². The fourth-order valence-corrected chi connectivity index (χ4v) is 12.6. The molecule has 3 aliphatic carbocycles. The third kappa shape index (κ3) is 5.20. The highest BCUT2D eigenvalue weighted by Gasteiger charge is 2.51. The van der Waals surface area contributed by atoms with Gasteiger partial charge in [0.15, 0.2) is 0 Å². The van der Waals surface area contributed by atoms with Gasteiger partial charge in [0.25, 0.3) is 0 Å². The molecule has 0 atom stereocenters. The second kappa shape index (κ2) is 14.1. The van der Waals surface area contributed by atoms with Crippen LogP contribution in [0.4, 0.5) is 17.1 Å². The Bertz CT molecular complexity index is 3780. The highest BCUT2D eigenvalue weighted by molar-refractivity contribution is 6.09. The van der Waals surface area contributed by atoms with Crippen molar-refractivity contribution in [3.05, 3.63) is 270 Å². The van der Waals surface area contributed by atoms with Gasteiger partial charge in [-0.1, -0.05) is 220 Å². The van der Waals surface area contributed by atoms with Crippen molar-refractivity contribution >= 4 is 38.6 Å². The largest absolute Gasteiger partial charge is 0.310 e. The molecule has 1 spiro atoms. The Labute approximate surface area is 391 Å². The molecule has 0 radical (unpaired) electrons. The summed E-state index contributed by atoms with van der Waals surface area (Å²) in [5.74, 6) is 0. The van der Waals surface area contributed by atoms with Gasteiger partial charge in [0.05, 0.1) is 11.1 Å². The lowest BCUT2D eigenvalue weighted by atomic mass is 9.70. The minimum atomic E-state index is -0.406. The molecule has 0 fully saturated rings. The van der Waals surface area contributed by atoms with Gasteiger partial charge in [-0.25, -0.2) is 0 Å². The monoisotopic (exact) mass is 851 g/mol. The maximum atomic E-state index is 2.54. The number of rotatable bonds is 5. The summed E-state index contributed by atoms with van der Waals surface area (Å²) < 4.78 is 0. The second-order valence-corrected chi connectivity index (χ2v) is 19.1. The summed E-state index contributed by atoms with van der Waals surface area (Å²) in [6, 6.07) is 88.7. The summed E-state index contributed by atoms with van der Waals surface area (Å²) in [4.78, 5) is 2.54. The van der Waals surface area contributed by atoms with E-state index in [4.69, 9.17) is 0 Å². The lowest BCUT2D eigenvalue weighted by Crippen LogP contribution is -2.25. The van der Waals surface area contributed by atoms with Crippen LogP contribution in [0.2, 0.25) is 0 Å². The Morgan fingerprint density at radius 1 is 0.313 bits per heavy atom. The Kier molecular flexibility index (Phi) is 8.02. The summed E-state index contributed by atoms with van der Waals surface area (Å²) >= 11 is 0. The predicted octanol–water partition coefficient (Wildman–Crippen LogP) is 17.4. The van der Waals surface area contributed by atoms with Crippen molar-refractivity contribution in [3.8, 4) is 55.6 Å². The Morgan fingerprint density at radius 2 is 0.791 bits per heavy atom. The third-order valence-corrected chi connectivity index (χ3v) is 15.5. The summed E-state index contributed by atoms with van der Waals surface area (Å²) in [5.41, 5.74) is 23.7. The van der Waals surface area contributed by atoms with Crippen LogP contribution in [0.25, 0.3) is 77.2 Å². The molecule has 0 bridgehead atoms. The topological polar surface area (TPSA) is 3.24 Å². The van der Waals surface area contributed by atoms with Crippen molar-refractivity contribution in [3.63, 3.8) is 0 Å². The molecule has 14 rings (SSSR count). The molecule has 0 heterocycles. The maximum absolute atomic E-state index is 2.54. The molecule has 67 heavy (non-hydrogen) atoms. The van der Waals surface area contributed by atoms with Gasteiger partial charge in [0, 0.05) is 22.4 Å². The first-order valence-corrected chi connectivity index (χ1v) is 23.6. The fraction of sp³-hybridized carbons (Fsp3) is 0.0606. The molecule has 0 N–H and O–H groups in total. The lowest BCUT2D eigenvalue weighted by molar-refractivity contribution is 0.661. The second-order valence-electron chi connectivity index (χ2n) is 19.1. The highest BCUT2D eigenvalue weighted by Crippen LogP contribution is 2.64. The number of fused-ring (bicyclic) bond motifs is 16. The van der Waals surface area contributed by atoms with Gasteiger partial charge in [-0.15, -0.1) is 0 Å². The molecule has 1 nitrogen and oxygen atoms in total. The zero-order valence-electron chi connectivity index (χ0n) is 37.5. The Balaban J connectivity index is 1.01. The number of hydrogen-bond donors (Lipinski definition) is 0. The van der Waals surface area contributed by atoms with Gasteiger partial charge < -0.3 is 4.90 Å². The molecule has 0 saturated carbocycles. The van der Waals surface area contributed by atoms with E-state index in [0.29, 0.717) is 0 Å². The normalized spacial score (nSPS) is 14.1. The molecule has 0 aromatic heterocycles. The smallest absolute Gasteiger partial charge is 0.0725 e.